The van der Waals surface area contributed by atoms with Crippen LogP contribution in [-0.2, 0) is 19.2 Å². The van der Waals surface area contributed by atoms with Crippen LogP contribution < -0.4 is 19.1 Å². The van der Waals surface area contributed by atoms with Gasteiger partial charge in [0.1, 0.15) is 23.0 Å². The van der Waals surface area contributed by atoms with Gasteiger partial charge in [-0.3, -0.25) is 0 Å². The highest BCUT2D eigenvalue weighted by atomic mass is 35.5. The number of nitrogens with zero attached hydrogens (tertiary/aromatic N) is 3. The maximum atomic E-state index is 14.1. The molecule has 0 bridgehead atoms. The summed E-state index contributed by atoms with van der Waals surface area (Å²) in [6, 6.07) is 11.0. The maximum absolute atomic E-state index is 14.1. The van der Waals surface area contributed by atoms with E-state index < -0.39 is 23.0 Å². The van der Waals surface area contributed by atoms with E-state index in [1.54, 1.807) is 37.3 Å². The highest BCUT2D eigenvalue weighted by Crippen LogP contribution is 2.43. The molecule has 0 saturated carbocycles. The molecule has 0 fully saturated rings. The Bertz CT molecular complexity index is 1490. The fourth-order valence-corrected chi connectivity index (χ4v) is 6.85. The Labute approximate surface area is 244 Å². The zero-order valence-electron chi connectivity index (χ0n) is 22.6. The number of nitrogens with one attached hydrogen (secondary N) is 1. The zero-order chi connectivity index (χ0) is 29.5. The molecule has 3 rings (SSSR count). The van der Waals surface area contributed by atoms with Gasteiger partial charge in [0.25, 0.3) is 10.0 Å². The summed E-state index contributed by atoms with van der Waals surface area (Å²) in [6.07, 6.45) is 2.96. The van der Waals surface area contributed by atoms with E-state index in [0.717, 1.165) is 17.1 Å². The minimum absolute atomic E-state index is 0.110. The first-order valence-corrected chi connectivity index (χ1v) is 15.8. The van der Waals surface area contributed by atoms with Gasteiger partial charge >= 0.3 is 7.68 Å². The lowest BCUT2D eigenvalue weighted by Gasteiger charge is -2.34. The molecular formula is C26H31Cl2N4O6PS. The molecule has 2 aromatic carbocycles. The second-order valence-corrected chi connectivity index (χ2v) is 13.4. The fourth-order valence-electron chi connectivity index (χ4n) is 3.80. The van der Waals surface area contributed by atoms with Gasteiger partial charge in [-0.1, -0.05) is 48.7 Å². The van der Waals surface area contributed by atoms with E-state index >= 15 is 0 Å². The highest BCUT2D eigenvalue weighted by Gasteiger charge is 2.43. The van der Waals surface area contributed by atoms with E-state index in [2.05, 4.69) is 15.5 Å². The number of hydrogen-bond donors (Lipinski definition) is 1. The van der Waals surface area contributed by atoms with E-state index in [1.807, 2.05) is 6.92 Å². The number of anilines is 2. The molecule has 0 unspecified atom stereocenters. The first-order chi connectivity index (χ1) is 18.9. The molecule has 1 N–H and O–H groups in total. The van der Waals surface area contributed by atoms with Crippen molar-refractivity contribution in [3.8, 4) is 11.5 Å². The Morgan fingerprint density at radius 1 is 1.07 bits per heavy atom. The number of para-hydroxylation sites is 1. The summed E-state index contributed by atoms with van der Waals surface area (Å²) in [4.78, 5) is -0.135. The van der Waals surface area contributed by atoms with Crippen LogP contribution in [0.4, 0.5) is 11.4 Å². The number of ether oxygens (including phenoxy) is 2. The normalized spacial score (nSPS) is 11.7. The molecule has 3 aromatic rings. The van der Waals surface area contributed by atoms with Crippen LogP contribution in [0.1, 0.15) is 39.2 Å². The molecule has 0 atom stereocenters. The minimum Gasteiger partial charge on any atom is -0.492 e. The number of sulfonamides is 1. The zero-order valence-corrected chi connectivity index (χ0v) is 25.8. The summed E-state index contributed by atoms with van der Waals surface area (Å²) in [6.45, 7) is 7.18. The number of aryl methyl sites for hydroxylation is 1. The molecule has 1 aromatic heterocycles. The fraction of sp³-hybridized carbons (Fsp3) is 0.385. The Morgan fingerprint density at radius 3 is 2.48 bits per heavy atom. The van der Waals surface area contributed by atoms with E-state index in [1.165, 1.54) is 32.2 Å². The quantitative estimate of drug-likeness (QED) is 0.150. The Kier molecular flexibility index (Phi) is 10.8. The summed E-state index contributed by atoms with van der Waals surface area (Å²) in [5.41, 5.74) is 1.19. The third-order valence-electron chi connectivity index (χ3n) is 5.77. The van der Waals surface area contributed by atoms with E-state index in [9.17, 15) is 17.5 Å². The largest absolute Gasteiger partial charge is 0.492 e. The summed E-state index contributed by atoms with van der Waals surface area (Å²) < 4.78 is 65.6. The lowest BCUT2D eigenvalue weighted by Crippen LogP contribution is -2.45. The van der Waals surface area contributed by atoms with E-state index in [-0.39, 0.29) is 34.6 Å². The average molecular weight is 630 g/mol. The molecule has 0 amide bonds. The van der Waals surface area contributed by atoms with Gasteiger partial charge < -0.3 is 14.8 Å². The molecule has 40 heavy (non-hydrogen) atoms. The van der Waals surface area contributed by atoms with Crippen molar-refractivity contribution in [3.05, 3.63) is 64.4 Å². The van der Waals surface area contributed by atoms with Crippen LogP contribution in [0.25, 0.3) is 0 Å². The van der Waals surface area contributed by atoms with Gasteiger partial charge in [0.05, 0.1) is 29.2 Å². The lowest BCUT2D eigenvalue weighted by molar-refractivity contribution is 0.301. The van der Waals surface area contributed by atoms with Crippen molar-refractivity contribution in [3.63, 3.8) is 0 Å². The topological polar surface area (TPSA) is 128 Å². The molecule has 10 nitrogen and oxygen atoms in total. The first-order valence-electron chi connectivity index (χ1n) is 12.5. The number of halogens is 2. The number of benzene rings is 2. The van der Waals surface area contributed by atoms with Gasteiger partial charge in [-0.25, -0.2) is 21.9 Å². The number of unbranched alkanes of at least 4 members (excludes halogenated alkanes) is 1. The Hall–Kier alpha value is -2.85. The molecule has 0 aliphatic rings. The summed E-state index contributed by atoms with van der Waals surface area (Å²) in [7, 11) is -7.64. The number of hydrogen-bond acceptors (Lipinski definition) is 9. The predicted molar refractivity (Wildman–Crippen MR) is 156 cm³/mol. The molecule has 0 radical (unpaired) electrons. The SMILES string of the molecule is CCCCOc1ccccc1S(=O)(=O)N(c1cc(C)cc(OCCNc2c(Cl)cnnc2Cl)c1)C(C)(C)P(=O)=O. The van der Waals surface area contributed by atoms with Gasteiger partial charge in [0.15, 0.2) is 10.4 Å². The third-order valence-corrected chi connectivity index (χ3v) is 9.59. The molecule has 14 heteroatoms. The molecule has 216 valence electrons. The predicted octanol–water partition coefficient (Wildman–Crippen LogP) is 6.87. The van der Waals surface area contributed by atoms with Crippen molar-refractivity contribution in [2.24, 2.45) is 0 Å². The maximum Gasteiger partial charge on any atom is 0.342 e. The van der Waals surface area contributed by atoms with Crippen LogP contribution in [-0.4, -0.2) is 43.7 Å². The molecule has 0 aliphatic heterocycles. The van der Waals surface area contributed by atoms with E-state index in [0.29, 0.717) is 28.6 Å². The van der Waals surface area contributed by atoms with Crippen LogP contribution >= 0.6 is 30.9 Å². The Balaban J connectivity index is 1.96. The van der Waals surface area contributed by atoms with Crippen LogP contribution in [0.3, 0.4) is 0 Å². The Morgan fingerprint density at radius 2 is 1.80 bits per heavy atom. The van der Waals surface area contributed by atoms with Crippen molar-refractivity contribution in [1.82, 2.24) is 10.2 Å². The third kappa shape index (κ3) is 7.46. The number of rotatable bonds is 14. The van der Waals surface area contributed by atoms with Gasteiger partial charge in [-0.05, 0) is 57.0 Å². The summed E-state index contributed by atoms with van der Waals surface area (Å²) in [5.74, 6) is 0.488. The smallest absolute Gasteiger partial charge is 0.342 e. The van der Waals surface area contributed by atoms with Gasteiger partial charge in [0.2, 0.25) is 0 Å². The molecule has 0 aliphatic carbocycles. The van der Waals surface area contributed by atoms with E-state index in [4.69, 9.17) is 32.7 Å². The highest BCUT2D eigenvalue weighted by molar-refractivity contribution is 7.93. The summed E-state index contributed by atoms with van der Waals surface area (Å²) >= 11 is 12.1. The second-order valence-electron chi connectivity index (χ2n) is 9.31. The summed E-state index contributed by atoms with van der Waals surface area (Å²) in [5, 5.41) is 9.01. The molecule has 0 spiro atoms. The molecule has 0 saturated heterocycles. The lowest BCUT2D eigenvalue weighted by atomic mass is 10.2. The van der Waals surface area contributed by atoms with Crippen molar-refractivity contribution >= 4 is 52.3 Å². The second kappa shape index (κ2) is 13.7. The van der Waals surface area contributed by atoms with Gasteiger partial charge in [0, 0.05) is 12.6 Å². The van der Waals surface area contributed by atoms with Crippen molar-refractivity contribution in [2.45, 2.75) is 50.7 Å². The van der Waals surface area contributed by atoms with Crippen LogP contribution in [0.15, 0.2) is 53.6 Å². The molecule has 1 heterocycles. The average Bonchev–Trinajstić information content (AvgIpc) is 2.88. The molecular weight excluding hydrogens is 598 g/mol. The van der Waals surface area contributed by atoms with Gasteiger partial charge in [-0.2, -0.15) is 5.10 Å². The first kappa shape index (κ1) is 31.7. The van der Waals surface area contributed by atoms with Crippen LogP contribution in [0.5, 0.6) is 11.5 Å². The monoisotopic (exact) mass is 628 g/mol. The van der Waals surface area contributed by atoms with Gasteiger partial charge in [-0.15, -0.1) is 5.10 Å². The van der Waals surface area contributed by atoms with Crippen LogP contribution in [0.2, 0.25) is 10.2 Å². The van der Waals surface area contributed by atoms with Crippen molar-refractivity contribution in [2.75, 3.05) is 29.4 Å². The van der Waals surface area contributed by atoms with Crippen molar-refractivity contribution in [1.29, 1.82) is 0 Å². The number of aromatic nitrogens is 2. The van der Waals surface area contributed by atoms with Crippen molar-refractivity contribution < 1.29 is 27.0 Å². The minimum atomic E-state index is -4.41. The standard InChI is InChI=1S/C26H31Cl2N4O6PS/c1-5-6-12-38-22-9-7-8-10-23(22)40(35,36)32(26(3,4)39(33)34)19-14-18(2)15-20(16-19)37-13-11-29-24-21(27)17-30-31-25(24)28/h7-10,14-17H,5-6,11-13H2,1-4H3,(H,29,30). The van der Waals surface area contributed by atoms with Crippen LogP contribution in [0, 0.1) is 6.92 Å².